The van der Waals surface area contributed by atoms with E-state index >= 15 is 0 Å². The van der Waals surface area contributed by atoms with Gasteiger partial charge in [-0.15, -0.1) is 0 Å². The molecule has 9 heteroatoms. The largest absolute Gasteiger partial charge is 0.454 e. The second-order valence-electron chi connectivity index (χ2n) is 5.77. The molecule has 0 spiro atoms. The van der Waals surface area contributed by atoms with Gasteiger partial charge in [-0.3, -0.25) is 10.1 Å². The van der Waals surface area contributed by atoms with Crippen LogP contribution in [0.25, 0.3) is 0 Å². The molecule has 2 aliphatic rings. The average molecular weight is 369 g/mol. The van der Waals surface area contributed by atoms with Crippen LogP contribution in [-0.4, -0.2) is 37.3 Å². The summed E-state index contributed by atoms with van der Waals surface area (Å²) in [5.41, 5.74) is 0.123. The Bertz CT molecular complexity index is 702. The van der Waals surface area contributed by atoms with Crippen LogP contribution >= 0.6 is 11.6 Å². The van der Waals surface area contributed by atoms with Crippen LogP contribution in [0.3, 0.4) is 0 Å². The van der Waals surface area contributed by atoms with Crippen molar-refractivity contribution < 1.29 is 28.6 Å². The van der Waals surface area contributed by atoms with Gasteiger partial charge in [-0.1, -0.05) is 24.4 Å². The molecule has 3 amide bonds. The molecule has 0 radical (unpaired) electrons. The second-order valence-corrected chi connectivity index (χ2v) is 6.18. The summed E-state index contributed by atoms with van der Waals surface area (Å²) >= 11 is 5.99. The maximum atomic E-state index is 12.0. The Morgan fingerprint density at radius 1 is 1.20 bits per heavy atom. The lowest BCUT2D eigenvalue weighted by molar-refractivity contribution is -0.123. The van der Waals surface area contributed by atoms with Gasteiger partial charge in [-0.2, -0.15) is 0 Å². The molecule has 25 heavy (non-hydrogen) atoms. The standard InChI is InChI=1S/C16H17ClN2O6/c17-11-5-9(6-12-14(11)25-8-24-12)15(21)23-7-13(20)19-16(22)18-10-3-1-2-4-10/h5-6,10H,1-4,7-8H2,(H2,18,19,20,22). The smallest absolute Gasteiger partial charge is 0.338 e. The lowest BCUT2D eigenvalue weighted by Crippen LogP contribution is -2.44. The summed E-state index contributed by atoms with van der Waals surface area (Å²) in [7, 11) is 0. The Morgan fingerprint density at radius 2 is 1.96 bits per heavy atom. The van der Waals surface area contributed by atoms with Gasteiger partial charge in [-0.25, -0.2) is 9.59 Å². The highest BCUT2D eigenvalue weighted by molar-refractivity contribution is 6.32. The first-order valence-corrected chi connectivity index (χ1v) is 8.27. The van der Waals surface area contributed by atoms with Crippen molar-refractivity contribution >= 4 is 29.5 Å². The third-order valence-electron chi connectivity index (χ3n) is 3.94. The number of benzene rings is 1. The number of esters is 1. The number of imide groups is 1. The fraction of sp³-hybridized carbons (Fsp3) is 0.438. The molecule has 8 nitrogen and oxygen atoms in total. The van der Waals surface area contributed by atoms with E-state index in [1.54, 1.807) is 0 Å². The molecule has 2 N–H and O–H groups in total. The van der Waals surface area contributed by atoms with E-state index in [1.165, 1.54) is 12.1 Å². The van der Waals surface area contributed by atoms with Crippen LogP contribution in [0, 0.1) is 0 Å². The maximum Gasteiger partial charge on any atom is 0.338 e. The third kappa shape index (κ3) is 4.33. The van der Waals surface area contributed by atoms with Gasteiger partial charge in [0.05, 0.1) is 10.6 Å². The molecule has 1 heterocycles. The number of carbonyl (C=O) groups excluding carboxylic acids is 3. The van der Waals surface area contributed by atoms with Gasteiger partial charge < -0.3 is 19.5 Å². The lowest BCUT2D eigenvalue weighted by atomic mass is 10.2. The SMILES string of the molecule is O=C(COC(=O)c1cc(Cl)c2c(c1)OCO2)NC(=O)NC1CCCC1. The van der Waals surface area contributed by atoms with E-state index in [4.69, 9.17) is 25.8 Å². The minimum absolute atomic E-state index is 0.0199. The highest BCUT2D eigenvalue weighted by Crippen LogP contribution is 2.39. The summed E-state index contributed by atoms with van der Waals surface area (Å²) in [5.74, 6) is -0.776. The Morgan fingerprint density at radius 3 is 2.72 bits per heavy atom. The Labute approximate surface area is 148 Å². The van der Waals surface area contributed by atoms with E-state index in [-0.39, 0.29) is 23.4 Å². The molecule has 1 aromatic rings. The number of nitrogens with one attached hydrogen (secondary N) is 2. The van der Waals surface area contributed by atoms with Gasteiger partial charge in [0.1, 0.15) is 0 Å². The van der Waals surface area contributed by atoms with Crippen molar-refractivity contribution in [1.82, 2.24) is 10.6 Å². The number of hydrogen-bond donors (Lipinski definition) is 2. The van der Waals surface area contributed by atoms with Crippen LogP contribution in [0.2, 0.25) is 5.02 Å². The Balaban J connectivity index is 1.47. The van der Waals surface area contributed by atoms with E-state index < -0.39 is 24.5 Å². The lowest BCUT2D eigenvalue weighted by Gasteiger charge is -2.12. The molecule has 134 valence electrons. The van der Waals surface area contributed by atoms with Gasteiger partial charge in [0.25, 0.3) is 5.91 Å². The molecule has 0 unspecified atom stereocenters. The summed E-state index contributed by atoms with van der Waals surface area (Å²) in [6, 6.07) is 2.29. The number of rotatable bonds is 4. The maximum absolute atomic E-state index is 12.0. The Kier molecular flexibility index (Phi) is 5.28. The van der Waals surface area contributed by atoms with Gasteiger partial charge in [0.2, 0.25) is 6.79 Å². The van der Waals surface area contributed by atoms with Crippen molar-refractivity contribution in [1.29, 1.82) is 0 Å². The average Bonchev–Trinajstić information content (AvgIpc) is 3.23. The van der Waals surface area contributed by atoms with Gasteiger partial charge in [0, 0.05) is 6.04 Å². The van der Waals surface area contributed by atoms with Gasteiger partial charge in [0.15, 0.2) is 18.1 Å². The fourth-order valence-electron chi connectivity index (χ4n) is 2.75. The van der Waals surface area contributed by atoms with Crippen molar-refractivity contribution in [2.75, 3.05) is 13.4 Å². The molecule has 0 bridgehead atoms. The van der Waals surface area contributed by atoms with Crippen LogP contribution in [-0.2, 0) is 9.53 Å². The Hall–Kier alpha value is -2.48. The zero-order chi connectivity index (χ0) is 17.8. The number of halogens is 1. The molecule has 1 saturated carbocycles. The number of urea groups is 1. The van der Waals surface area contributed by atoms with Gasteiger partial charge in [-0.05, 0) is 25.0 Å². The first kappa shape index (κ1) is 17.3. The summed E-state index contributed by atoms with van der Waals surface area (Å²) in [6.45, 7) is -0.560. The van der Waals surface area contributed by atoms with Crippen molar-refractivity contribution in [3.63, 3.8) is 0 Å². The normalized spacial score (nSPS) is 15.7. The monoisotopic (exact) mass is 368 g/mol. The zero-order valence-corrected chi connectivity index (χ0v) is 14.1. The van der Waals surface area contributed by atoms with Crippen LogP contribution in [0.15, 0.2) is 12.1 Å². The van der Waals surface area contributed by atoms with E-state index in [0.717, 1.165) is 25.7 Å². The highest BCUT2D eigenvalue weighted by Gasteiger charge is 2.22. The summed E-state index contributed by atoms with van der Waals surface area (Å²) < 4.78 is 15.2. The molecule has 0 atom stereocenters. The van der Waals surface area contributed by atoms with Crippen LogP contribution < -0.4 is 20.1 Å². The summed E-state index contributed by atoms with van der Waals surface area (Å²) in [5, 5.41) is 5.05. The predicted octanol–water partition coefficient (Wildman–Crippen LogP) is 1.99. The number of amides is 3. The van der Waals surface area contributed by atoms with Crippen molar-refractivity contribution in [3.05, 3.63) is 22.7 Å². The molecule has 1 fully saturated rings. The molecular formula is C16H17ClN2O6. The molecule has 1 aliphatic heterocycles. The van der Waals surface area contributed by atoms with E-state index in [2.05, 4.69) is 10.6 Å². The highest BCUT2D eigenvalue weighted by atomic mass is 35.5. The first-order valence-electron chi connectivity index (χ1n) is 7.89. The quantitative estimate of drug-likeness (QED) is 0.788. The van der Waals surface area contributed by atoms with Gasteiger partial charge >= 0.3 is 12.0 Å². The summed E-state index contributed by atoms with van der Waals surface area (Å²) in [4.78, 5) is 35.4. The van der Waals surface area contributed by atoms with E-state index in [9.17, 15) is 14.4 Å². The second kappa shape index (κ2) is 7.60. The van der Waals surface area contributed by atoms with Crippen LogP contribution in [0.1, 0.15) is 36.0 Å². The van der Waals surface area contributed by atoms with Crippen LogP contribution in [0.4, 0.5) is 4.79 Å². The first-order chi connectivity index (χ1) is 12.0. The molecule has 1 aliphatic carbocycles. The summed E-state index contributed by atoms with van der Waals surface area (Å²) in [6.07, 6.45) is 3.94. The topological polar surface area (TPSA) is 103 Å². The fourth-order valence-corrected chi connectivity index (χ4v) is 3.02. The molecule has 1 aromatic carbocycles. The minimum Gasteiger partial charge on any atom is -0.454 e. The van der Waals surface area contributed by atoms with Crippen molar-refractivity contribution in [2.24, 2.45) is 0 Å². The van der Waals surface area contributed by atoms with E-state index in [0.29, 0.717) is 11.5 Å². The molecular weight excluding hydrogens is 352 g/mol. The zero-order valence-electron chi connectivity index (χ0n) is 13.3. The third-order valence-corrected chi connectivity index (χ3v) is 4.22. The molecule has 0 aromatic heterocycles. The van der Waals surface area contributed by atoms with Crippen molar-refractivity contribution in [2.45, 2.75) is 31.7 Å². The van der Waals surface area contributed by atoms with Crippen LogP contribution in [0.5, 0.6) is 11.5 Å². The van der Waals surface area contributed by atoms with Crippen molar-refractivity contribution in [3.8, 4) is 11.5 Å². The molecule has 3 rings (SSSR count). The molecule has 0 saturated heterocycles. The minimum atomic E-state index is -0.758. The number of fused-ring (bicyclic) bond motifs is 1. The van der Waals surface area contributed by atoms with E-state index in [1.807, 2.05) is 0 Å². The number of hydrogen-bond acceptors (Lipinski definition) is 6. The predicted molar refractivity (Wildman–Crippen MR) is 86.8 cm³/mol. The number of carbonyl (C=O) groups is 3. The number of ether oxygens (including phenoxy) is 3.